The molecule has 21 heteroatoms. The number of nitrogens with one attached hydrogen (secondary N) is 4. The molecule has 65 heavy (non-hydrogen) atoms. The summed E-state index contributed by atoms with van der Waals surface area (Å²) in [6, 6.07) is 6.80. The average Bonchev–Trinajstić information content (AvgIpc) is 4.03. The van der Waals surface area contributed by atoms with E-state index in [2.05, 4.69) is 92.0 Å². The summed E-state index contributed by atoms with van der Waals surface area (Å²) in [5.74, 6) is 0.689. The molecule has 0 amide bonds. The number of H-pyrrole nitrogens is 1. The van der Waals surface area contributed by atoms with Gasteiger partial charge in [0.05, 0.1) is 0 Å². The Kier molecular flexibility index (Phi) is 14.5. The molecule has 356 valence electrons. The largest absolute Gasteiger partial charge is 0.359 e. The Bertz CT molecular complexity index is 2520. The van der Waals surface area contributed by atoms with Gasteiger partial charge < -0.3 is 30.5 Å². The van der Waals surface area contributed by atoms with Crippen LogP contribution in [0.3, 0.4) is 0 Å². The maximum atomic E-state index is 12.8. The number of hydrogen-bond acceptors (Lipinski definition) is 14. The monoisotopic (exact) mass is 970 g/mol. The van der Waals surface area contributed by atoms with E-state index in [1.54, 1.807) is 0 Å². The number of likely N-dealkylation sites (N-methyl/N-ethyl adjacent to an activating group) is 2. The van der Waals surface area contributed by atoms with Gasteiger partial charge in [-0.25, -0.2) is 26.6 Å². The van der Waals surface area contributed by atoms with Gasteiger partial charge in [0, 0.05) is 75.0 Å². The lowest BCUT2D eigenvalue weighted by Gasteiger charge is -2.40. The molecular weight excluding hydrogens is 904 g/mol. The van der Waals surface area contributed by atoms with E-state index in [1.165, 1.54) is 79.4 Å². The quantitative estimate of drug-likeness (QED) is 0.0730. The molecule has 4 aliphatic carbocycles. The lowest BCUT2D eigenvalue weighted by Crippen LogP contribution is -2.59. The van der Waals surface area contributed by atoms with E-state index in [4.69, 9.17) is 15.4 Å². The van der Waals surface area contributed by atoms with E-state index in [0.717, 1.165) is 87.7 Å². The summed E-state index contributed by atoms with van der Waals surface area (Å²) in [6.07, 6.45) is 13.2. The third-order valence-electron chi connectivity index (χ3n) is 13.6. The summed E-state index contributed by atoms with van der Waals surface area (Å²) < 4.78 is 58.0. The summed E-state index contributed by atoms with van der Waals surface area (Å²) in [4.78, 5) is 12.8. The number of rotatable bonds is 14. The van der Waals surface area contributed by atoms with Gasteiger partial charge >= 0.3 is 0 Å². The maximum absolute atomic E-state index is 12.8. The minimum absolute atomic E-state index is 0.0866. The number of aryl methyl sites for hydroxylation is 4. The summed E-state index contributed by atoms with van der Waals surface area (Å²) in [7, 11) is 4.80. The minimum atomic E-state index is -4.03. The van der Waals surface area contributed by atoms with Crippen LogP contribution in [0.5, 0.6) is 0 Å². The molecule has 2 fully saturated rings. The van der Waals surface area contributed by atoms with Crippen molar-refractivity contribution in [3.63, 3.8) is 0 Å². The number of fused-ring (bicyclic) bond motifs is 4. The van der Waals surface area contributed by atoms with Gasteiger partial charge in [0.1, 0.15) is 6.73 Å². The van der Waals surface area contributed by atoms with Crippen molar-refractivity contribution in [2.24, 2.45) is 0 Å². The van der Waals surface area contributed by atoms with Crippen LogP contribution in [0.1, 0.15) is 70.2 Å². The van der Waals surface area contributed by atoms with E-state index in [-0.39, 0.29) is 17.9 Å². The molecule has 4 N–H and O–H groups in total. The number of aromatic nitrogens is 6. The third kappa shape index (κ3) is 11.0. The second kappa shape index (κ2) is 19.6. The van der Waals surface area contributed by atoms with E-state index >= 15 is 0 Å². The van der Waals surface area contributed by atoms with Gasteiger partial charge in [0.25, 0.3) is 29.4 Å². The number of hydrogen-bond donors (Lipinski definition) is 4. The van der Waals surface area contributed by atoms with Crippen molar-refractivity contribution in [2.75, 3.05) is 71.6 Å². The Hall–Kier alpha value is -3.47. The Morgan fingerprint density at radius 2 is 1.26 bits per heavy atom. The molecule has 4 aromatic rings. The normalized spacial score (nSPS) is 18.3. The maximum Gasteiger partial charge on any atom is 0.298 e. The van der Waals surface area contributed by atoms with Gasteiger partial charge in [0.2, 0.25) is 11.9 Å². The van der Waals surface area contributed by atoms with Crippen molar-refractivity contribution in [2.45, 2.75) is 132 Å². The summed E-state index contributed by atoms with van der Waals surface area (Å²) in [6.45, 7) is 10.9. The van der Waals surface area contributed by atoms with E-state index < -0.39 is 32.3 Å². The fraction of sp³-hybridized carbons (Fsp3) is 0.636. The van der Waals surface area contributed by atoms with Gasteiger partial charge in [-0.3, -0.25) is 0 Å². The van der Waals surface area contributed by atoms with Gasteiger partial charge in [-0.1, -0.05) is 31.8 Å². The molecule has 6 aliphatic rings. The first-order valence-electron chi connectivity index (χ1n) is 23.2. The minimum Gasteiger partial charge on any atom is -0.359 e. The van der Waals surface area contributed by atoms with Crippen LogP contribution in [-0.4, -0.2) is 142 Å². The molecule has 17 nitrogen and oxygen atoms in total. The smallest absolute Gasteiger partial charge is 0.298 e. The average molecular weight is 972 g/mol. The molecule has 2 aromatic carbocycles. The Labute approximate surface area is 390 Å². The van der Waals surface area contributed by atoms with Crippen LogP contribution in [0, 0.1) is 0 Å². The topological polar surface area (TPSA) is 196 Å². The number of sulfonamides is 1. The van der Waals surface area contributed by atoms with Crippen molar-refractivity contribution < 1.29 is 21.6 Å². The first kappa shape index (κ1) is 48.0. The number of halogens is 1. The van der Waals surface area contributed by atoms with Crippen LogP contribution in [-0.2, 0) is 81.9 Å². The highest BCUT2D eigenvalue weighted by molar-refractivity contribution is 8.13. The fourth-order valence-corrected chi connectivity index (χ4v) is 12.1. The molecule has 4 heterocycles. The molecule has 0 atom stereocenters. The Morgan fingerprint density at radius 1 is 0.754 bits per heavy atom. The van der Waals surface area contributed by atoms with Crippen LogP contribution in [0.25, 0.3) is 0 Å². The molecule has 0 bridgehead atoms. The lowest BCUT2D eigenvalue weighted by molar-refractivity contribution is 0.0792. The highest BCUT2D eigenvalue weighted by Crippen LogP contribution is 2.41. The zero-order valence-electron chi connectivity index (χ0n) is 39.1. The molecule has 0 radical (unpaired) electrons. The molecule has 2 aliphatic heterocycles. The van der Waals surface area contributed by atoms with Gasteiger partial charge in [-0.15, -0.1) is 10.2 Å². The van der Waals surface area contributed by atoms with Crippen LogP contribution in [0.15, 0.2) is 22.4 Å². The van der Waals surface area contributed by atoms with E-state index in [1.807, 2.05) is 19.0 Å². The number of ether oxygens (including phenoxy) is 1. The second-order valence-electron chi connectivity index (χ2n) is 19.9. The molecule has 2 saturated heterocycles. The first-order chi connectivity index (χ1) is 30.9. The third-order valence-corrected chi connectivity index (χ3v) is 18.0. The fourth-order valence-electron chi connectivity index (χ4n) is 9.41. The highest BCUT2D eigenvalue weighted by Gasteiger charge is 2.40. The lowest BCUT2D eigenvalue weighted by atomic mass is 9.99. The summed E-state index contributed by atoms with van der Waals surface area (Å²) in [5.41, 5.74) is 13.2. The molecular formula is C44H67ClN12O5S2Si. The Morgan fingerprint density at radius 3 is 1.69 bits per heavy atom. The number of aromatic amines is 1. The van der Waals surface area contributed by atoms with Crippen molar-refractivity contribution in [1.82, 2.24) is 49.4 Å². The van der Waals surface area contributed by atoms with Gasteiger partial charge in [0.15, 0.2) is 0 Å². The van der Waals surface area contributed by atoms with Crippen LogP contribution in [0.2, 0.25) is 25.7 Å². The summed E-state index contributed by atoms with van der Waals surface area (Å²) in [5, 5.41) is 20.4. The highest BCUT2D eigenvalue weighted by atomic mass is 35.7. The SMILES string of the molecule is CN(C)C1CN(S(=O)(=O)c2nc(Nc3c4c(cc5c3CCC5)CCC4)n[nH]2)C1.CN(C)C1CNC1.C[Si](C)(C)CCOCn1nc(S(=O)(=O)Cl)nc1Nc1c2c(cc3c1CCC3)CCC2. The molecule has 0 saturated carbocycles. The standard InChI is InChI=1S/C20H29ClN4O3SSi.C19H26N6O2S.C5H12N2/c1-30(2,3)11-10-28-13-25-19(23-20(24-25)29(21,26)27)22-18-16-8-4-6-14(16)12-15-7-5-9-17(15)18;1-24(2)14-10-25(11-14)28(26,27)19-21-18(22-23-19)20-17-15-7-3-5-12(15)9-13-6-4-8-16(13)17;1-7(2)5-3-6-4-5/h12H,4-11,13H2,1-3H3,(H,22,23,24);9,14H,3-8,10-11H2,1-2H3,(H2,20,21,22,23);5-6H,3-4H2,1-2H3. The molecule has 10 rings (SSSR count). The van der Waals surface area contributed by atoms with Crippen LogP contribution in [0.4, 0.5) is 23.3 Å². The number of anilines is 4. The predicted octanol–water partition coefficient (Wildman–Crippen LogP) is 5.22. The Balaban J connectivity index is 0.000000154. The van der Waals surface area contributed by atoms with Crippen LogP contribution >= 0.6 is 10.7 Å². The van der Waals surface area contributed by atoms with E-state index in [9.17, 15) is 16.8 Å². The van der Waals surface area contributed by atoms with Gasteiger partial charge in [-0.05, 0) is 156 Å². The summed E-state index contributed by atoms with van der Waals surface area (Å²) >= 11 is 0. The second-order valence-corrected chi connectivity index (χ2v) is 29.8. The van der Waals surface area contributed by atoms with Crippen molar-refractivity contribution in [3.8, 4) is 0 Å². The molecule has 2 aromatic heterocycles. The zero-order valence-corrected chi connectivity index (χ0v) is 42.4. The predicted molar refractivity (Wildman–Crippen MR) is 258 cm³/mol. The number of nitrogens with zero attached hydrogens (tertiary/aromatic N) is 8. The van der Waals surface area contributed by atoms with E-state index in [0.29, 0.717) is 31.6 Å². The first-order valence-corrected chi connectivity index (χ1v) is 30.6. The number of benzene rings is 2. The van der Waals surface area contributed by atoms with Crippen molar-refractivity contribution >= 4 is 61.1 Å². The zero-order chi connectivity index (χ0) is 46.3. The molecule has 0 spiro atoms. The van der Waals surface area contributed by atoms with Crippen molar-refractivity contribution in [1.29, 1.82) is 0 Å². The van der Waals surface area contributed by atoms with Crippen LogP contribution < -0.4 is 16.0 Å². The van der Waals surface area contributed by atoms with Gasteiger partial charge in [-0.2, -0.15) is 14.3 Å². The molecule has 0 unspecified atom stereocenters. The van der Waals surface area contributed by atoms with Crippen molar-refractivity contribution in [3.05, 3.63) is 56.6 Å².